The van der Waals surface area contributed by atoms with E-state index in [9.17, 15) is 22.8 Å². The lowest BCUT2D eigenvalue weighted by Gasteiger charge is -2.31. The molecule has 1 heterocycles. The largest absolute Gasteiger partial charge is 0.449 e. The molecule has 0 radical (unpaired) electrons. The summed E-state index contributed by atoms with van der Waals surface area (Å²) >= 11 is 6.09. The Balaban J connectivity index is 1.36. The number of carbonyl (C=O) groups excluding carboxylic acids is 2. The first-order valence-electron chi connectivity index (χ1n) is 10.1. The molecule has 2 aromatic carbocycles. The highest BCUT2D eigenvalue weighted by Crippen LogP contribution is 2.29. The van der Waals surface area contributed by atoms with Crippen LogP contribution in [0.15, 0.2) is 48.5 Å². The van der Waals surface area contributed by atoms with E-state index in [0.717, 1.165) is 17.7 Å². The lowest BCUT2D eigenvalue weighted by molar-refractivity contribution is -0.137. The standard InChI is InChI=1S/C22H23ClF3N3O3/c23-19-4-2-1-3-16(19)13-27-20(30)29-11-9-15(10-12-29)14-32-21(31)28-18-7-5-17(6-8-18)22(24,25)26/h1-8,15H,9-14H2,(H,27,30)(H,28,31). The van der Waals surface area contributed by atoms with E-state index < -0.39 is 17.8 Å². The summed E-state index contributed by atoms with van der Waals surface area (Å²) in [5.41, 5.74) is 0.261. The van der Waals surface area contributed by atoms with Crippen molar-refractivity contribution in [2.75, 3.05) is 25.0 Å². The van der Waals surface area contributed by atoms with Gasteiger partial charge in [-0.25, -0.2) is 9.59 Å². The molecule has 10 heteroatoms. The van der Waals surface area contributed by atoms with Crippen LogP contribution in [-0.2, 0) is 17.5 Å². The number of amides is 3. The molecule has 3 rings (SSSR count). The third-order valence-corrected chi connectivity index (χ3v) is 5.57. The van der Waals surface area contributed by atoms with Crippen molar-refractivity contribution in [3.63, 3.8) is 0 Å². The van der Waals surface area contributed by atoms with Gasteiger partial charge in [-0.1, -0.05) is 29.8 Å². The number of benzene rings is 2. The van der Waals surface area contributed by atoms with E-state index in [1.54, 1.807) is 11.0 Å². The van der Waals surface area contributed by atoms with Gasteiger partial charge >= 0.3 is 18.3 Å². The molecule has 32 heavy (non-hydrogen) atoms. The zero-order valence-electron chi connectivity index (χ0n) is 17.1. The number of hydrogen-bond donors (Lipinski definition) is 2. The first-order chi connectivity index (χ1) is 15.2. The van der Waals surface area contributed by atoms with Crippen LogP contribution in [0.3, 0.4) is 0 Å². The predicted octanol–water partition coefficient (Wildman–Crippen LogP) is 5.53. The Kier molecular flexibility index (Phi) is 7.84. The fraction of sp³-hybridized carbons (Fsp3) is 0.364. The van der Waals surface area contributed by atoms with Gasteiger partial charge in [-0.15, -0.1) is 0 Å². The van der Waals surface area contributed by atoms with Crippen LogP contribution < -0.4 is 10.6 Å². The maximum atomic E-state index is 12.6. The Morgan fingerprint density at radius 2 is 1.72 bits per heavy atom. The van der Waals surface area contributed by atoms with E-state index in [0.29, 0.717) is 37.5 Å². The molecule has 2 aromatic rings. The van der Waals surface area contributed by atoms with Gasteiger partial charge < -0.3 is 15.0 Å². The highest BCUT2D eigenvalue weighted by Gasteiger charge is 2.30. The summed E-state index contributed by atoms with van der Waals surface area (Å²) in [6.07, 6.45) is -3.82. The summed E-state index contributed by atoms with van der Waals surface area (Å²) in [6.45, 7) is 1.57. The number of halogens is 4. The van der Waals surface area contributed by atoms with Crippen molar-refractivity contribution in [1.29, 1.82) is 0 Å². The number of nitrogens with one attached hydrogen (secondary N) is 2. The van der Waals surface area contributed by atoms with Crippen LogP contribution >= 0.6 is 11.6 Å². The van der Waals surface area contributed by atoms with Crippen molar-refractivity contribution in [2.45, 2.75) is 25.6 Å². The zero-order valence-corrected chi connectivity index (χ0v) is 17.9. The van der Waals surface area contributed by atoms with Crippen LogP contribution in [0.5, 0.6) is 0 Å². The molecule has 2 N–H and O–H groups in total. The van der Waals surface area contributed by atoms with E-state index in [-0.39, 0.29) is 24.2 Å². The summed E-state index contributed by atoms with van der Waals surface area (Å²) < 4.78 is 42.9. The number of anilines is 1. The molecule has 0 bridgehead atoms. The average Bonchev–Trinajstić information content (AvgIpc) is 2.77. The minimum absolute atomic E-state index is 0.0981. The Hall–Kier alpha value is -2.94. The summed E-state index contributed by atoms with van der Waals surface area (Å²) in [4.78, 5) is 26.0. The van der Waals surface area contributed by atoms with Crippen molar-refractivity contribution in [2.24, 2.45) is 5.92 Å². The van der Waals surface area contributed by atoms with Crippen molar-refractivity contribution >= 4 is 29.4 Å². The maximum absolute atomic E-state index is 12.6. The summed E-state index contributed by atoms with van der Waals surface area (Å²) in [5.74, 6) is 0.0981. The number of piperidine rings is 1. The third-order valence-electron chi connectivity index (χ3n) is 5.20. The molecule has 6 nitrogen and oxygen atoms in total. The molecule has 1 aliphatic heterocycles. The maximum Gasteiger partial charge on any atom is 0.416 e. The third kappa shape index (κ3) is 6.78. The minimum atomic E-state index is -4.43. The SMILES string of the molecule is O=C(Nc1ccc(C(F)(F)F)cc1)OCC1CCN(C(=O)NCc2ccccc2Cl)CC1. The van der Waals surface area contributed by atoms with Crippen LogP contribution in [0.4, 0.5) is 28.4 Å². The van der Waals surface area contributed by atoms with Crippen LogP contribution in [0.2, 0.25) is 5.02 Å². The van der Waals surface area contributed by atoms with Gasteiger partial charge in [0.15, 0.2) is 0 Å². The van der Waals surface area contributed by atoms with E-state index in [2.05, 4.69) is 10.6 Å². The van der Waals surface area contributed by atoms with Gasteiger partial charge in [0.1, 0.15) is 0 Å². The normalized spacial score (nSPS) is 14.7. The van der Waals surface area contributed by atoms with Crippen molar-refractivity contribution < 1.29 is 27.5 Å². The lowest BCUT2D eigenvalue weighted by Crippen LogP contribution is -2.44. The highest BCUT2D eigenvalue weighted by atomic mass is 35.5. The number of ether oxygens (including phenoxy) is 1. The highest BCUT2D eigenvalue weighted by molar-refractivity contribution is 6.31. The van der Waals surface area contributed by atoms with Gasteiger partial charge in [0.2, 0.25) is 0 Å². The fourth-order valence-electron chi connectivity index (χ4n) is 3.32. The molecule has 0 aromatic heterocycles. The number of urea groups is 1. The van der Waals surface area contributed by atoms with Crippen molar-refractivity contribution in [3.05, 3.63) is 64.7 Å². The molecular weight excluding hydrogens is 447 g/mol. The summed E-state index contributed by atoms with van der Waals surface area (Å²) in [7, 11) is 0. The molecule has 3 amide bonds. The smallest absolute Gasteiger partial charge is 0.416 e. The van der Waals surface area contributed by atoms with Crippen LogP contribution in [-0.4, -0.2) is 36.7 Å². The molecule has 0 saturated carbocycles. The van der Waals surface area contributed by atoms with Gasteiger partial charge in [-0.05, 0) is 54.7 Å². The molecule has 172 valence electrons. The predicted molar refractivity (Wildman–Crippen MR) is 114 cm³/mol. The second kappa shape index (κ2) is 10.6. The van der Waals surface area contributed by atoms with Gasteiger partial charge in [-0.2, -0.15) is 13.2 Å². The number of alkyl halides is 3. The molecular formula is C22H23ClF3N3O3. The minimum Gasteiger partial charge on any atom is -0.449 e. The molecule has 0 spiro atoms. The van der Waals surface area contributed by atoms with Gasteiger partial charge in [0, 0.05) is 30.3 Å². The average molecular weight is 470 g/mol. The van der Waals surface area contributed by atoms with Crippen LogP contribution in [0.25, 0.3) is 0 Å². The number of carbonyl (C=O) groups is 2. The summed E-state index contributed by atoms with van der Waals surface area (Å²) in [5, 5.41) is 5.86. The monoisotopic (exact) mass is 469 g/mol. The molecule has 0 aliphatic carbocycles. The van der Waals surface area contributed by atoms with E-state index in [1.165, 1.54) is 12.1 Å². The topological polar surface area (TPSA) is 70.7 Å². The van der Waals surface area contributed by atoms with Crippen molar-refractivity contribution in [3.8, 4) is 0 Å². The molecule has 1 fully saturated rings. The van der Waals surface area contributed by atoms with Crippen molar-refractivity contribution in [1.82, 2.24) is 10.2 Å². The molecule has 1 saturated heterocycles. The van der Waals surface area contributed by atoms with E-state index in [1.807, 2.05) is 18.2 Å². The molecule has 0 atom stereocenters. The second-order valence-electron chi connectivity index (χ2n) is 7.48. The summed E-state index contributed by atoms with van der Waals surface area (Å²) in [6, 6.07) is 11.2. The van der Waals surface area contributed by atoms with Crippen LogP contribution in [0.1, 0.15) is 24.0 Å². The molecule has 0 unspecified atom stereocenters. The fourth-order valence-corrected chi connectivity index (χ4v) is 3.52. The lowest BCUT2D eigenvalue weighted by atomic mass is 9.98. The Labute approximate surface area is 188 Å². The quantitative estimate of drug-likeness (QED) is 0.605. The van der Waals surface area contributed by atoms with Gasteiger partial charge in [0.25, 0.3) is 0 Å². The number of nitrogens with zero attached hydrogens (tertiary/aromatic N) is 1. The Morgan fingerprint density at radius 3 is 2.34 bits per heavy atom. The Morgan fingerprint density at radius 1 is 1.06 bits per heavy atom. The first kappa shape index (κ1) is 23.7. The number of likely N-dealkylation sites (tertiary alicyclic amines) is 1. The van der Waals surface area contributed by atoms with Gasteiger partial charge in [-0.3, -0.25) is 5.32 Å². The zero-order chi connectivity index (χ0) is 23.1. The first-order valence-corrected chi connectivity index (χ1v) is 10.5. The second-order valence-corrected chi connectivity index (χ2v) is 7.89. The number of hydrogen-bond acceptors (Lipinski definition) is 3. The number of rotatable bonds is 5. The van der Waals surface area contributed by atoms with E-state index >= 15 is 0 Å². The molecule has 1 aliphatic rings. The van der Waals surface area contributed by atoms with E-state index in [4.69, 9.17) is 16.3 Å². The Bertz CT molecular complexity index is 930. The van der Waals surface area contributed by atoms with Crippen LogP contribution in [0, 0.1) is 5.92 Å². The van der Waals surface area contributed by atoms with Gasteiger partial charge in [0.05, 0.1) is 12.2 Å².